The lowest BCUT2D eigenvalue weighted by Gasteiger charge is -2.29. The van der Waals surface area contributed by atoms with Crippen LogP contribution < -0.4 is 10.1 Å². The zero-order valence-corrected chi connectivity index (χ0v) is 30.4. The van der Waals surface area contributed by atoms with Crippen LogP contribution in [0.4, 0.5) is 11.4 Å². The molecule has 0 aliphatic heterocycles. The molecule has 1 aromatic heterocycles. The van der Waals surface area contributed by atoms with Gasteiger partial charge in [-0.1, -0.05) is 101 Å². The number of anilines is 2. The molecule has 0 unspecified atom stereocenters. The van der Waals surface area contributed by atoms with Gasteiger partial charge in [0.1, 0.15) is 10.8 Å². The number of ketones is 2. The molecule has 6 rings (SSSR count). The topological polar surface area (TPSA) is 68.3 Å². The first-order valence-corrected chi connectivity index (χ1v) is 19.2. The molecule has 5 nitrogen and oxygen atoms in total. The molecule has 0 bridgehead atoms. The number of ether oxygens (including phenoxy) is 1. The van der Waals surface area contributed by atoms with Crippen LogP contribution in [0.5, 0.6) is 5.75 Å². The lowest BCUT2D eigenvalue weighted by molar-refractivity contribution is 0.0977. The standard InChI is InChI=1S/C43H50N2O3S/c1-5-7-9-13-30-18-20-32(21-19-30)27-48-43-28(3)24-33(25-29(43)4)45-36-16-10-14-34-39(36)41(46)35-15-11-17-37(40(35)42(34)47)49-38-23-22-31(26-44-38)12-8-6-2/h10-11,14-17,22-26,30,32,45H,5-9,12-13,18-21,27H2,1-4H3. The third-order valence-electron chi connectivity index (χ3n) is 10.3. The summed E-state index contributed by atoms with van der Waals surface area (Å²) in [7, 11) is 0. The van der Waals surface area contributed by atoms with Gasteiger partial charge in [-0.25, -0.2) is 4.98 Å². The van der Waals surface area contributed by atoms with Gasteiger partial charge in [-0.2, -0.15) is 0 Å². The Kier molecular flexibility index (Phi) is 11.6. The summed E-state index contributed by atoms with van der Waals surface area (Å²) in [6, 6.07) is 19.3. The van der Waals surface area contributed by atoms with Crippen molar-refractivity contribution in [2.45, 2.75) is 108 Å². The van der Waals surface area contributed by atoms with E-state index in [0.29, 0.717) is 33.9 Å². The smallest absolute Gasteiger partial charge is 0.196 e. The highest BCUT2D eigenvalue weighted by Crippen LogP contribution is 2.40. The van der Waals surface area contributed by atoms with Crippen molar-refractivity contribution in [1.29, 1.82) is 0 Å². The predicted octanol–water partition coefficient (Wildman–Crippen LogP) is 11.5. The van der Waals surface area contributed by atoms with E-state index in [9.17, 15) is 9.59 Å². The Morgan fingerprint density at radius 2 is 1.47 bits per heavy atom. The van der Waals surface area contributed by atoms with E-state index in [1.54, 1.807) is 12.1 Å². The molecule has 0 atom stereocenters. The van der Waals surface area contributed by atoms with Gasteiger partial charge in [0.25, 0.3) is 0 Å². The lowest BCUT2D eigenvalue weighted by atomic mass is 9.80. The number of pyridine rings is 1. The van der Waals surface area contributed by atoms with E-state index in [-0.39, 0.29) is 11.6 Å². The minimum Gasteiger partial charge on any atom is -0.493 e. The lowest BCUT2D eigenvalue weighted by Crippen LogP contribution is -2.23. The Morgan fingerprint density at radius 1 is 0.796 bits per heavy atom. The first-order chi connectivity index (χ1) is 23.9. The van der Waals surface area contributed by atoms with E-state index in [1.807, 2.05) is 36.5 Å². The number of hydrogen-bond acceptors (Lipinski definition) is 6. The monoisotopic (exact) mass is 674 g/mol. The van der Waals surface area contributed by atoms with Crippen LogP contribution in [0.15, 0.2) is 76.8 Å². The van der Waals surface area contributed by atoms with Crippen LogP contribution in [0.3, 0.4) is 0 Å². The molecule has 6 heteroatoms. The molecule has 256 valence electrons. The Hall–Kier alpha value is -3.90. The SMILES string of the molecule is CCCCCC1CCC(COc2c(C)cc(Nc3cccc4c3C(=O)c3cccc(Sc5ccc(CCCC)cn5)c3C4=O)cc2C)CC1. The second kappa shape index (κ2) is 16.2. The first-order valence-electron chi connectivity index (χ1n) is 18.4. The van der Waals surface area contributed by atoms with Crippen molar-refractivity contribution in [3.8, 4) is 5.75 Å². The summed E-state index contributed by atoms with van der Waals surface area (Å²) in [6.07, 6.45) is 15.8. The van der Waals surface area contributed by atoms with Crippen LogP contribution in [0.25, 0.3) is 0 Å². The molecule has 0 saturated heterocycles. The maximum Gasteiger partial charge on any atom is 0.196 e. The van der Waals surface area contributed by atoms with Crippen LogP contribution >= 0.6 is 11.8 Å². The molecule has 1 N–H and O–H groups in total. The van der Waals surface area contributed by atoms with Crippen molar-refractivity contribution in [3.63, 3.8) is 0 Å². The number of hydrogen-bond donors (Lipinski definition) is 1. The highest BCUT2D eigenvalue weighted by Gasteiger charge is 2.34. The fourth-order valence-corrected chi connectivity index (χ4v) is 8.41. The van der Waals surface area contributed by atoms with Crippen molar-refractivity contribution in [3.05, 3.63) is 106 Å². The molecule has 1 saturated carbocycles. The molecule has 49 heavy (non-hydrogen) atoms. The van der Waals surface area contributed by atoms with Crippen LogP contribution in [-0.4, -0.2) is 23.2 Å². The van der Waals surface area contributed by atoms with Gasteiger partial charge in [-0.05, 0) is 98.4 Å². The average Bonchev–Trinajstić information content (AvgIpc) is 3.10. The van der Waals surface area contributed by atoms with E-state index < -0.39 is 0 Å². The van der Waals surface area contributed by atoms with Crippen molar-refractivity contribution in [2.75, 3.05) is 11.9 Å². The zero-order chi connectivity index (χ0) is 34.3. The van der Waals surface area contributed by atoms with Gasteiger partial charge in [0.15, 0.2) is 11.6 Å². The number of carbonyl (C=O) groups is 2. The molecule has 1 heterocycles. The quantitative estimate of drug-likeness (QED) is 0.118. The molecule has 3 aromatic carbocycles. The summed E-state index contributed by atoms with van der Waals surface area (Å²) in [4.78, 5) is 33.5. The molecule has 1 fully saturated rings. The molecule has 2 aliphatic rings. The summed E-state index contributed by atoms with van der Waals surface area (Å²) >= 11 is 1.43. The summed E-state index contributed by atoms with van der Waals surface area (Å²) in [5.74, 6) is 2.18. The Bertz CT molecular complexity index is 1770. The van der Waals surface area contributed by atoms with Gasteiger partial charge in [0, 0.05) is 33.5 Å². The number of unbranched alkanes of at least 4 members (excludes halogenated alkanes) is 3. The summed E-state index contributed by atoms with van der Waals surface area (Å²) in [5.41, 5.74) is 6.55. The number of aromatic nitrogens is 1. The van der Waals surface area contributed by atoms with E-state index >= 15 is 0 Å². The molecule has 0 radical (unpaired) electrons. The van der Waals surface area contributed by atoms with Gasteiger partial charge in [0.05, 0.1) is 17.9 Å². The van der Waals surface area contributed by atoms with Crippen molar-refractivity contribution in [1.82, 2.24) is 4.98 Å². The molecule has 2 aliphatic carbocycles. The van der Waals surface area contributed by atoms with Crippen molar-refractivity contribution >= 4 is 34.7 Å². The van der Waals surface area contributed by atoms with E-state index in [2.05, 4.69) is 56.2 Å². The fourth-order valence-electron chi connectivity index (χ4n) is 7.49. The Labute approximate surface area is 296 Å². The first kappa shape index (κ1) is 34.9. The largest absolute Gasteiger partial charge is 0.493 e. The van der Waals surface area contributed by atoms with E-state index in [0.717, 1.165) is 64.3 Å². The molecule has 4 aromatic rings. The number of nitrogens with one attached hydrogen (secondary N) is 1. The molecule has 0 amide bonds. The van der Waals surface area contributed by atoms with Gasteiger partial charge in [0.2, 0.25) is 0 Å². The number of aryl methyl sites for hydroxylation is 3. The van der Waals surface area contributed by atoms with Crippen molar-refractivity contribution < 1.29 is 14.3 Å². The second-order valence-electron chi connectivity index (χ2n) is 14.0. The number of benzene rings is 3. The highest BCUT2D eigenvalue weighted by molar-refractivity contribution is 7.99. The third kappa shape index (κ3) is 8.12. The number of rotatable bonds is 14. The molecule has 0 spiro atoms. The van der Waals surface area contributed by atoms with Crippen LogP contribution in [0, 0.1) is 25.7 Å². The summed E-state index contributed by atoms with van der Waals surface area (Å²) in [6.45, 7) is 9.38. The third-order valence-corrected chi connectivity index (χ3v) is 11.3. The normalized spacial score (nSPS) is 17.1. The fraction of sp³-hybridized carbons (Fsp3) is 0.419. The van der Waals surface area contributed by atoms with E-state index in [1.165, 1.54) is 68.7 Å². The maximum absolute atomic E-state index is 14.1. The number of carbonyl (C=O) groups excluding carboxylic acids is 2. The molecular weight excluding hydrogens is 625 g/mol. The van der Waals surface area contributed by atoms with Gasteiger partial charge >= 0.3 is 0 Å². The van der Waals surface area contributed by atoms with Crippen LogP contribution in [-0.2, 0) is 6.42 Å². The van der Waals surface area contributed by atoms with E-state index in [4.69, 9.17) is 4.74 Å². The van der Waals surface area contributed by atoms with Gasteiger partial charge in [-0.15, -0.1) is 0 Å². The highest BCUT2D eigenvalue weighted by atomic mass is 32.2. The van der Waals surface area contributed by atoms with Gasteiger partial charge in [-0.3, -0.25) is 9.59 Å². The Balaban J connectivity index is 1.15. The maximum atomic E-state index is 14.1. The van der Waals surface area contributed by atoms with Crippen molar-refractivity contribution in [2.24, 2.45) is 11.8 Å². The second-order valence-corrected chi connectivity index (χ2v) is 15.1. The number of fused-ring (bicyclic) bond motifs is 2. The number of nitrogens with zero attached hydrogens (tertiary/aromatic N) is 1. The predicted molar refractivity (Wildman–Crippen MR) is 201 cm³/mol. The minimum atomic E-state index is -0.147. The summed E-state index contributed by atoms with van der Waals surface area (Å²) < 4.78 is 6.45. The minimum absolute atomic E-state index is 0.137. The van der Waals surface area contributed by atoms with Crippen LogP contribution in [0.2, 0.25) is 0 Å². The molecular formula is C43H50N2O3S. The zero-order valence-electron chi connectivity index (χ0n) is 29.6. The van der Waals surface area contributed by atoms with Gasteiger partial charge < -0.3 is 10.1 Å². The van der Waals surface area contributed by atoms with Crippen LogP contribution in [0.1, 0.15) is 127 Å². The summed E-state index contributed by atoms with van der Waals surface area (Å²) in [5, 5.41) is 4.29. The average molecular weight is 675 g/mol. The Morgan fingerprint density at radius 3 is 2.16 bits per heavy atom.